The highest BCUT2D eigenvalue weighted by molar-refractivity contribution is 6.01. The molecule has 0 atom stereocenters. The minimum absolute atomic E-state index is 0.0697. The van der Waals surface area contributed by atoms with E-state index in [9.17, 15) is 9.90 Å². The van der Waals surface area contributed by atoms with Crippen molar-refractivity contribution in [2.45, 2.75) is 26.2 Å². The predicted octanol–water partition coefficient (Wildman–Crippen LogP) is 3.74. The van der Waals surface area contributed by atoms with Gasteiger partial charge < -0.3 is 10.4 Å². The topological polar surface area (TPSA) is 62.2 Å². The standard InChI is InChI=1S/C18H20N2O2/c1-18(2,3)14-5-7-15(8-6-14)20-17(22)9-4-13-10-16(21)12-19-11-13/h4-12,21H,1-3H3,(H,20,22). The fourth-order valence-corrected chi connectivity index (χ4v) is 1.95. The lowest BCUT2D eigenvalue weighted by molar-refractivity contribution is -0.111. The van der Waals surface area contributed by atoms with Crippen LogP contribution in [0.1, 0.15) is 31.9 Å². The molecular formula is C18H20N2O2. The van der Waals surface area contributed by atoms with Crippen molar-refractivity contribution in [2.75, 3.05) is 5.32 Å². The molecule has 22 heavy (non-hydrogen) atoms. The molecule has 4 nitrogen and oxygen atoms in total. The highest BCUT2D eigenvalue weighted by Gasteiger charge is 2.12. The Morgan fingerprint density at radius 2 is 1.86 bits per heavy atom. The second-order valence-corrected chi connectivity index (χ2v) is 6.13. The highest BCUT2D eigenvalue weighted by Crippen LogP contribution is 2.23. The van der Waals surface area contributed by atoms with Gasteiger partial charge in [-0.1, -0.05) is 32.9 Å². The molecule has 2 rings (SSSR count). The number of nitrogens with one attached hydrogen (secondary N) is 1. The third-order valence-corrected chi connectivity index (χ3v) is 3.19. The maximum absolute atomic E-state index is 11.9. The quantitative estimate of drug-likeness (QED) is 0.848. The lowest BCUT2D eigenvalue weighted by Gasteiger charge is -2.19. The summed E-state index contributed by atoms with van der Waals surface area (Å²) in [5.41, 5.74) is 2.71. The summed E-state index contributed by atoms with van der Waals surface area (Å²) in [7, 11) is 0. The van der Waals surface area contributed by atoms with E-state index >= 15 is 0 Å². The van der Waals surface area contributed by atoms with Gasteiger partial charge in [0.05, 0.1) is 6.20 Å². The molecule has 0 unspecified atom stereocenters. The summed E-state index contributed by atoms with van der Waals surface area (Å²) >= 11 is 0. The molecule has 0 fully saturated rings. The van der Waals surface area contributed by atoms with E-state index in [2.05, 4.69) is 31.1 Å². The van der Waals surface area contributed by atoms with Gasteiger partial charge in [-0.25, -0.2) is 0 Å². The number of hydrogen-bond acceptors (Lipinski definition) is 3. The zero-order chi connectivity index (χ0) is 16.2. The SMILES string of the molecule is CC(C)(C)c1ccc(NC(=O)C=Cc2cncc(O)c2)cc1. The Balaban J connectivity index is 2.00. The molecule has 0 aliphatic rings. The summed E-state index contributed by atoms with van der Waals surface area (Å²) in [6.07, 6.45) is 5.93. The molecule has 0 spiro atoms. The highest BCUT2D eigenvalue weighted by atomic mass is 16.3. The second kappa shape index (κ2) is 6.43. The summed E-state index contributed by atoms with van der Waals surface area (Å²) < 4.78 is 0. The van der Waals surface area contributed by atoms with Crippen molar-refractivity contribution in [3.63, 3.8) is 0 Å². The molecule has 0 aliphatic carbocycles. The Morgan fingerprint density at radius 1 is 1.18 bits per heavy atom. The largest absolute Gasteiger partial charge is 0.506 e. The van der Waals surface area contributed by atoms with Gasteiger partial charge in [0, 0.05) is 18.0 Å². The van der Waals surface area contributed by atoms with Crippen LogP contribution in [0.5, 0.6) is 5.75 Å². The van der Waals surface area contributed by atoms with Crippen LogP contribution in [0.3, 0.4) is 0 Å². The number of hydrogen-bond donors (Lipinski definition) is 2. The van der Waals surface area contributed by atoms with Crippen LogP contribution in [-0.4, -0.2) is 16.0 Å². The molecule has 2 aromatic rings. The number of aromatic hydroxyl groups is 1. The molecule has 4 heteroatoms. The van der Waals surface area contributed by atoms with Gasteiger partial charge >= 0.3 is 0 Å². The van der Waals surface area contributed by atoms with Crippen LogP contribution in [0.4, 0.5) is 5.69 Å². The number of rotatable bonds is 3. The Bertz CT molecular complexity index is 683. The Labute approximate surface area is 130 Å². The van der Waals surface area contributed by atoms with Gasteiger partial charge in [0.1, 0.15) is 5.75 Å². The van der Waals surface area contributed by atoms with E-state index < -0.39 is 0 Å². The van der Waals surface area contributed by atoms with Gasteiger partial charge in [0.2, 0.25) is 5.91 Å². The lowest BCUT2D eigenvalue weighted by Crippen LogP contribution is -2.12. The number of pyridine rings is 1. The summed E-state index contributed by atoms with van der Waals surface area (Å²) in [6.45, 7) is 6.44. The summed E-state index contributed by atoms with van der Waals surface area (Å²) in [4.78, 5) is 15.7. The molecular weight excluding hydrogens is 276 g/mol. The first kappa shape index (κ1) is 15.8. The number of carbonyl (C=O) groups excluding carboxylic acids is 1. The van der Waals surface area contributed by atoms with E-state index in [1.165, 1.54) is 23.9 Å². The normalized spacial score (nSPS) is 11.6. The molecule has 0 bridgehead atoms. The van der Waals surface area contributed by atoms with Gasteiger partial charge in [-0.05, 0) is 40.8 Å². The van der Waals surface area contributed by atoms with E-state index in [1.807, 2.05) is 24.3 Å². The first-order valence-corrected chi connectivity index (χ1v) is 7.08. The smallest absolute Gasteiger partial charge is 0.248 e. The van der Waals surface area contributed by atoms with Gasteiger partial charge in [0.25, 0.3) is 0 Å². The van der Waals surface area contributed by atoms with Gasteiger partial charge in [-0.3, -0.25) is 9.78 Å². The molecule has 1 amide bonds. The fourth-order valence-electron chi connectivity index (χ4n) is 1.95. The van der Waals surface area contributed by atoms with Crippen molar-refractivity contribution in [3.05, 3.63) is 59.9 Å². The van der Waals surface area contributed by atoms with E-state index in [-0.39, 0.29) is 17.1 Å². The number of carbonyl (C=O) groups is 1. The van der Waals surface area contributed by atoms with Crippen molar-refractivity contribution in [1.82, 2.24) is 4.98 Å². The molecule has 1 aromatic carbocycles. The first-order chi connectivity index (χ1) is 10.3. The molecule has 0 aliphatic heterocycles. The number of amides is 1. The third kappa shape index (κ3) is 4.45. The Hall–Kier alpha value is -2.62. The van der Waals surface area contributed by atoms with Crippen LogP contribution in [0.15, 0.2) is 48.8 Å². The van der Waals surface area contributed by atoms with Crippen LogP contribution in [0.2, 0.25) is 0 Å². The van der Waals surface area contributed by atoms with Crippen LogP contribution in [0, 0.1) is 0 Å². The average molecular weight is 296 g/mol. The van der Waals surface area contributed by atoms with E-state index in [1.54, 1.807) is 12.3 Å². The summed E-state index contributed by atoms with van der Waals surface area (Å²) in [5.74, 6) is -0.160. The van der Waals surface area contributed by atoms with Crippen molar-refractivity contribution in [2.24, 2.45) is 0 Å². The summed E-state index contributed by atoms with van der Waals surface area (Å²) in [5, 5.41) is 12.1. The first-order valence-electron chi connectivity index (χ1n) is 7.08. The number of nitrogens with zero attached hydrogens (tertiary/aromatic N) is 1. The predicted molar refractivity (Wildman–Crippen MR) is 88.7 cm³/mol. The molecule has 0 saturated carbocycles. The molecule has 1 heterocycles. The van der Waals surface area contributed by atoms with Gasteiger partial charge in [-0.15, -0.1) is 0 Å². The zero-order valence-electron chi connectivity index (χ0n) is 13.0. The van der Waals surface area contributed by atoms with Crippen molar-refractivity contribution in [3.8, 4) is 5.75 Å². The molecule has 0 saturated heterocycles. The summed E-state index contributed by atoms with van der Waals surface area (Å²) in [6, 6.07) is 9.34. The minimum atomic E-state index is -0.230. The maximum atomic E-state index is 11.9. The lowest BCUT2D eigenvalue weighted by atomic mass is 9.87. The van der Waals surface area contributed by atoms with Crippen LogP contribution >= 0.6 is 0 Å². The van der Waals surface area contributed by atoms with Crippen molar-refractivity contribution >= 4 is 17.7 Å². The minimum Gasteiger partial charge on any atom is -0.506 e. The van der Waals surface area contributed by atoms with E-state index in [4.69, 9.17) is 0 Å². The van der Waals surface area contributed by atoms with Crippen LogP contribution < -0.4 is 5.32 Å². The fraction of sp³-hybridized carbons (Fsp3) is 0.222. The van der Waals surface area contributed by atoms with Crippen molar-refractivity contribution < 1.29 is 9.90 Å². The van der Waals surface area contributed by atoms with Crippen molar-refractivity contribution in [1.29, 1.82) is 0 Å². The number of anilines is 1. The zero-order valence-corrected chi connectivity index (χ0v) is 13.0. The number of benzene rings is 1. The maximum Gasteiger partial charge on any atom is 0.248 e. The van der Waals surface area contributed by atoms with Crippen LogP contribution in [-0.2, 0) is 10.2 Å². The van der Waals surface area contributed by atoms with E-state index in [0.29, 0.717) is 5.56 Å². The molecule has 0 radical (unpaired) electrons. The van der Waals surface area contributed by atoms with Gasteiger partial charge in [-0.2, -0.15) is 0 Å². The van der Waals surface area contributed by atoms with Gasteiger partial charge in [0.15, 0.2) is 0 Å². The molecule has 114 valence electrons. The molecule has 1 aromatic heterocycles. The monoisotopic (exact) mass is 296 g/mol. The third-order valence-electron chi connectivity index (χ3n) is 3.19. The Kier molecular flexibility index (Phi) is 4.61. The molecule has 2 N–H and O–H groups in total. The Morgan fingerprint density at radius 3 is 2.45 bits per heavy atom. The van der Waals surface area contributed by atoms with E-state index in [0.717, 1.165) is 5.69 Å². The number of aromatic nitrogens is 1. The average Bonchev–Trinajstić information content (AvgIpc) is 2.45. The second-order valence-electron chi connectivity index (χ2n) is 6.13. The van der Waals surface area contributed by atoms with Crippen LogP contribution in [0.25, 0.3) is 6.08 Å².